The van der Waals surface area contributed by atoms with Crippen molar-refractivity contribution >= 4 is 11.0 Å². The quantitative estimate of drug-likeness (QED) is 0.741. The average molecular weight is 244 g/mol. The van der Waals surface area contributed by atoms with Crippen LogP contribution < -0.4 is 5.43 Å². The van der Waals surface area contributed by atoms with Gasteiger partial charge in [0.05, 0.1) is 11.6 Å². The highest BCUT2D eigenvalue weighted by Gasteiger charge is 2.07. The fourth-order valence-electron chi connectivity index (χ4n) is 2.18. The molecule has 0 atom stereocenters. The van der Waals surface area contributed by atoms with Crippen LogP contribution in [0.3, 0.4) is 0 Å². The second-order valence-corrected chi connectivity index (χ2v) is 4.73. The van der Waals surface area contributed by atoms with E-state index in [-0.39, 0.29) is 5.43 Å². The van der Waals surface area contributed by atoms with Crippen LogP contribution >= 0.6 is 0 Å². The molecule has 0 bridgehead atoms. The highest BCUT2D eigenvalue weighted by Crippen LogP contribution is 2.15. The second kappa shape index (κ2) is 5.85. The lowest BCUT2D eigenvalue weighted by Gasteiger charge is -2.03. The number of rotatable bonds is 5. The van der Waals surface area contributed by atoms with Crippen LogP contribution in [0.15, 0.2) is 33.7 Å². The first kappa shape index (κ1) is 12.9. The van der Waals surface area contributed by atoms with Crippen molar-refractivity contribution in [2.75, 3.05) is 0 Å². The normalized spacial score (nSPS) is 11.0. The van der Waals surface area contributed by atoms with Crippen LogP contribution in [0, 0.1) is 0 Å². The summed E-state index contributed by atoms with van der Waals surface area (Å²) in [5, 5.41) is 0.725. The smallest absolute Gasteiger partial charge is 0.195 e. The van der Waals surface area contributed by atoms with E-state index in [2.05, 4.69) is 13.8 Å². The zero-order valence-electron chi connectivity index (χ0n) is 11.2. The fourth-order valence-corrected chi connectivity index (χ4v) is 2.18. The summed E-state index contributed by atoms with van der Waals surface area (Å²) in [5.41, 5.74) is 2.82. The minimum atomic E-state index is 0.141. The van der Waals surface area contributed by atoms with Crippen LogP contribution in [0.1, 0.15) is 44.2 Å². The maximum atomic E-state index is 12.3. The van der Waals surface area contributed by atoms with Gasteiger partial charge in [-0.05, 0) is 37.0 Å². The van der Waals surface area contributed by atoms with E-state index in [0.717, 1.165) is 36.6 Å². The Labute approximate surface area is 108 Å². The number of benzene rings is 1. The fraction of sp³-hybridized carbons (Fsp3) is 0.438. The SMILES string of the molecule is CCCCCc1coc2ccc(CC)cc2c1=O. The third-order valence-electron chi connectivity index (χ3n) is 3.37. The average Bonchev–Trinajstić information content (AvgIpc) is 2.41. The lowest BCUT2D eigenvalue weighted by molar-refractivity contribution is 0.586. The molecule has 0 aliphatic carbocycles. The van der Waals surface area contributed by atoms with E-state index in [4.69, 9.17) is 4.42 Å². The van der Waals surface area contributed by atoms with Gasteiger partial charge in [0.15, 0.2) is 5.43 Å². The van der Waals surface area contributed by atoms with E-state index in [1.807, 2.05) is 18.2 Å². The van der Waals surface area contributed by atoms with E-state index in [1.54, 1.807) is 6.26 Å². The molecule has 0 amide bonds. The highest BCUT2D eigenvalue weighted by molar-refractivity contribution is 5.77. The number of fused-ring (bicyclic) bond motifs is 1. The van der Waals surface area contributed by atoms with Crippen molar-refractivity contribution in [2.24, 2.45) is 0 Å². The number of unbranched alkanes of at least 4 members (excludes halogenated alkanes) is 2. The molecular weight excluding hydrogens is 224 g/mol. The third kappa shape index (κ3) is 2.63. The largest absolute Gasteiger partial charge is 0.464 e. The van der Waals surface area contributed by atoms with Gasteiger partial charge in [-0.1, -0.05) is 32.8 Å². The molecular formula is C16H20O2. The maximum absolute atomic E-state index is 12.3. The summed E-state index contributed by atoms with van der Waals surface area (Å²) in [4.78, 5) is 12.3. The molecule has 1 aromatic carbocycles. The summed E-state index contributed by atoms with van der Waals surface area (Å²) >= 11 is 0. The van der Waals surface area contributed by atoms with E-state index in [0.29, 0.717) is 5.58 Å². The molecule has 96 valence electrons. The summed E-state index contributed by atoms with van der Waals surface area (Å²) in [7, 11) is 0. The Hall–Kier alpha value is -1.57. The number of hydrogen-bond donors (Lipinski definition) is 0. The topological polar surface area (TPSA) is 30.2 Å². The van der Waals surface area contributed by atoms with Gasteiger partial charge in [-0.15, -0.1) is 0 Å². The van der Waals surface area contributed by atoms with Crippen LogP contribution in [0.4, 0.5) is 0 Å². The predicted molar refractivity (Wildman–Crippen MR) is 75.1 cm³/mol. The van der Waals surface area contributed by atoms with Gasteiger partial charge in [0, 0.05) is 5.56 Å². The van der Waals surface area contributed by atoms with Crippen molar-refractivity contribution < 1.29 is 4.42 Å². The molecule has 0 spiro atoms. The van der Waals surface area contributed by atoms with Crippen molar-refractivity contribution in [2.45, 2.75) is 46.0 Å². The molecule has 1 aromatic heterocycles. The summed E-state index contributed by atoms with van der Waals surface area (Å²) < 4.78 is 5.55. The van der Waals surface area contributed by atoms with Gasteiger partial charge in [0.2, 0.25) is 0 Å². The zero-order valence-corrected chi connectivity index (χ0v) is 11.2. The molecule has 18 heavy (non-hydrogen) atoms. The first-order chi connectivity index (χ1) is 8.76. The monoisotopic (exact) mass is 244 g/mol. The Balaban J connectivity index is 2.39. The van der Waals surface area contributed by atoms with Crippen LogP contribution in [0.2, 0.25) is 0 Å². The van der Waals surface area contributed by atoms with Crippen LogP contribution in [-0.2, 0) is 12.8 Å². The van der Waals surface area contributed by atoms with Crippen molar-refractivity contribution in [3.63, 3.8) is 0 Å². The minimum Gasteiger partial charge on any atom is -0.464 e. The van der Waals surface area contributed by atoms with Crippen LogP contribution in [-0.4, -0.2) is 0 Å². The van der Waals surface area contributed by atoms with Crippen molar-refractivity contribution in [1.29, 1.82) is 0 Å². The molecule has 0 saturated carbocycles. The summed E-state index contributed by atoms with van der Waals surface area (Å²) in [6, 6.07) is 5.87. The number of hydrogen-bond acceptors (Lipinski definition) is 2. The van der Waals surface area contributed by atoms with Gasteiger partial charge in [-0.3, -0.25) is 4.79 Å². The molecule has 1 heterocycles. The summed E-state index contributed by atoms with van der Waals surface area (Å²) in [6.07, 6.45) is 6.77. The molecule has 2 nitrogen and oxygen atoms in total. The lowest BCUT2D eigenvalue weighted by Crippen LogP contribution is -2.09. The Morgan fingerprint density at radius 1 is 1.17 bits per heavy atom. The molecule has 2 aromatic rings. The third-order valence-corrected chi connectivity index (χ3v) is 3.37. The van der Waals surface area contributed by atoms with Crippen LogP contribution in [0.5, 0.6) is 0 Å². The Bertz CT molecular complexity index is 581. The Kier molecular flexibility index (Phi) is 4.19. The van der Waals surface area contributed by atoms with Gasteiger partial charge in [0.1, 0.15) is 5.58 Å². The molecule has 0 aliphatic rings. The van der Waals surface area contributed by atoms with Crippen molar-refractivity contribution in [1.82, 2.24) is 0 Å². The van der Waals surface area contributed by atoms with Gasteiger partial charge in [0.25, 0.3) is 0 Å². The van der Waals surface area contributed by atoms with Crippen molar-refractivity contribution in [3.05, 3.63) is 45.8 Å². The molecule has 0 unspecified atom stereocenters. The summed E-state index contributed by atoms with van der Waals surface area (Å²) in [5.74, 6) is 0. The molecule has 0 aliphatic heterocycles. The Morgan fingerprint density at radius 2 is 2.00 bits per heavy atom. The molecule has 0 fully saturated rings. The molecule has 0 N–H and O–H groups in total. The zero-order chi connectivity index (χ0) is 13.0. The second-order valence-electron chi connectivity index (χ2n) is 4.73. The van der Waals surface area contributed by atoms with Gasteiger partial charge < -0.3 is 4.42 Å². The first-order valence-electron chi connectivity index (χ1n) is 6.79. The first-order valence-corrected chi connectivity index (χ1v) is 6.79. The predicted octanol–water partition coefficient (Wildman–Crippen LogP) is 4.09. The molecule has 2 rings (SSSR count). The summed E-state index contributed by atoms with van der Waals surface area (Å²) in [6.45, 7) is 4.25. The molecule has 2 heteroatoms. The number of aryl methyl sites for hydroxylation is 2. The maximum Gasteiger partial charge on any atom is 0.195 e. The van der Waals surface area contributed by atoms with Crippen molar-refractivity contribution in [3.8, 4) is 0 Å². The van der Waals surface area contributed by atoms with E-state index < -0.39 is 0 Å². The minimum absolute atomic E-state index is 0.141. The van der Waals surface area contributed by atoms with E-state index >= 15 is 0 Å². The van der Waals surface area contributed by atoms with Gasteiger partial charge >= 0.3 is 0 Å². The Morgan fingerprint density at radius 3 is 2.72 bits per heavy atom. The molecule has 0 radical (unpaired) electrons. The highest BCUT2D eigenvalue weighted by atomic mass is 16.3. The standard InChI is InChI=1S/C16H20O2/c1-3-5-6-7-13-11-18-15-9-8-12(4-2)10-14(15)16(13)17/h8-11H,3-7H2,1-2H3. The van der Waals surface area contributed by atoms with Gasteiger partial charge in [-0.25, -0.2) is 0 Å². The molecule has 0 saturated heterocycles. The van der Waals surface area contributed by atoms with E-state index in [9.17, 15) is 4.79 Å². The van der Waals surface area contributed by atoms with Crippen LogP contribution in [0.25, 0.3) is 11.0 Å². The lowest BCUT2D eigenvalue weighted by atomic mass is 10.0. The van der Waals surface area contributed by atoms with Gasteiger partial charge in [-0.2, -0.15) is 0 Å². The van der Waals surface area contributed by atoms with E-state index in [1.165, 1.54) is 12.0 Å².